The summed E-state index contributed by atoms with van der Waals surface area (Å²) in [7, 11) is 0. The highest BCUT2D eigenvalue weighted by atomic mass is 35.5. The number of nitrogens with one attached hydrogen (secondary N) is 2. The summed E-state index contributed by atoms with van der Waals surface area (Å²) in [6.45, 7) is 10.7. The molecular formula is C20H33ClN2O. The molecule has 1 aromatic rings. The van der Waals surface area contributed by atoms with Crippen LogP contribution in [0.3, 0.4) is 0 Å². The fourth-order valence-electron chi connectivity index (χ4n) is 3.45. The first-order chi connectivity index (χ1) is 10.9. The van der Waals surface area contributed by atoms with Crippen molar-refractivity contribution in [2.24, 2.45) is 11.8 Å². The van der Waals surface area contributed by atoms with Gasteiger partial charge in [-0.05, 0) is 69.2 Å². The van der Waals surface area contributed by atoms with Crippen molar-refractivity contribution in [2.75, 3.05) is 13.1 Å². The van der Waals surface area contributed by atoms with E-state index in [-0.39, 0.29) is 23.9 Å². The molecule has 2 unspecified atom stereocenters. The molecule has 1 fully saturated rings. The van der Waals surface area contributed by atoms with E-state index in [0.29, 0.717) is 18.3 Å². The highest BCUT2D eigenvalue weighted by molar-refractivity contribution is 5.85. The zero-order valence-electron chi connectivity index (χ0n) is 15.5. The van der Waals surface area contributed by atoms with Gasteiger partial charge in [-0.25, -0.2) is 0 Å². The first-order valence-corrected chi connectivity index (χ1v) is 9.03. The molecule has 1 aliphatic rings. The van der Waals surface area contributed by atoms with Gasteiger partial charge < -0.3 is 10.6 Å². The molecule has 2 atom stereocenters. The Morgan fingerprint density at radius 1 is 1.33 bits per heavy atom. The van der Waals surface area contributed by atoms with Crippen LogP contribution in [0, 0.1) is 11.8 Å². The predicted molar refractivity (Wildman–Crippen MR) is 104 cm³/mol. The van der Waals surface area contributed by atoms with E-state index in [9.17, 15) is 4.79 Å². The number of carbonyl (C=O) groups excluding carboxylic acids is 1. The van der Waals surface area contributed by atoms with Crippen LogP contribution < -0.4 is 10.6 Å². The van der Waals surface area contributed by atoms with Crippen LogP contribution in [0.15, 0.2) is 24.3 Å². The number of benzene rings is 1. The molecule has 0 bridgehead atoms. The Hall–Kier alpha value is -1.06. The van der Waals surface area contributed by atoms with Gasteiger partial charge >= 0.3 is 0 Å². The van der Waals surface area contributed by atoms with Crippen LogP contribution in [0.4, 0.5) is 0 Å². The van der Waals surface area contributed by atoms with Gasteiger partial charge in [0.2, 0.25) is 5.91 Å². The number of halogens is 1. The lowest BCUT2D eigenvalue weighted by Gasteiger charge is -2.31. The second-order valence-corrected chi connectivity index (χ2v) is 7.51. The Morgan fingerprint density at radius 3 is 2.54 bits per heavy atom. The van der Waals surface area contributed by atoms with Gasteiger partial charge in [0, 0.05) is 6.42 Å². The Kier molecular flexibility index (Phi) is 8.24. The third-order valence-corrected chi connectivity index (χ3v) is 5.18. The normalized spacial score (nSPS) is 19.2. The topological polar surface area (TPSA) is 41.1 Å². The largest absolute Gasteiger partial charge is 0.347 e. The lowest BCUT2D eigenvalue weighted by Crippen LogP contribution is -2.42. The fourth-order valence-corrected chi connectivity index (χ4v) is 3.45. The predicted octanol–water partition coefficient (Wildman–Crippen LogP) is 4.05. The molecule has 1 aliphatic heterocycles. The van der Waals surface area contributed by atoms with Gasteiger partial charge in [0.15, 0.2) is 0 Å². The maximum atomic E-state index is 12.5. The molecule has 0 spiro atoms. The lowest BCUT2D eigenvalue weighted by atomic mass is 9.85. The molecule has 0 radical (unpaired) electrons. The SMILES string of the molecule is CCc1ccc(C(C)(C)NC(=O)CC(C)C2CCCNC2)cc1.Cl. The summed E-state index contributed by atoms with van der Waals surface area (Å²) in [4.78, 5) is 12.5. The molecule has 1 saturated heterocycles. The average molecular weight is 353 g/mol. The maximum absolute atomic E-state index is 12.5. The zero-order chi connectivity index (χ0) is 16.9. The van der Waals surface area contributed by atoms with Crippen molar-refractivity contribution in [2.45, 2.75) is 58.9 Å². The van der Waals surface area contributed by atoms with Crippen molar-refractivity contribution >= 4 is 18.3 Å². The summed E-state index contributed by atoms with van der Waals surface area (Å²) in [6, 6.07) is 8.57. The van der Waals surface area contributed by atoms with Gasteiger partial charge in [-0.15, -0.1) is 12.4 Å². The van der Waals surface area contributed by atoms with E-state index in [1.165, 1.54) is 18.4 Å². The van der Waals surface area contributed by atoms with Gasteiger partial charge in [0.05, 0.1) is 5.54 Å². The van der Waals surface area contributed by atoms with Crippen molar-refractivity contribution in [3.05, 3.63) is 35.4 Å². The van der Waals surface area contributed by atoms with Crippen LogP contribution >= 0.6 is 12.4 Å². The highest BCUT2D eigenvalue weighted by Gasteiger charge is 2.26. The maximum Gasteiger partial charge on any atom is 0.220 e. The lowest BCUT2D eigenvalue weighted by molar-refractivity contribution is -0.124. The molecule has 0 aromatic heterocycles. The van der Waals surface area contributed by atoms with Crippen molar-refractivity contribution in [1.29, 1.82) is 0 Å². The van der Waals surface area contributed by atoms with Crippen LogP contribution in [0.2, 0.25) is 0 Å². The number of hydrogen-bond donors (Lipinski definition) is 2. The van der Waals surface area contributed by atoms with E-state index in [4.69, 9.17) is 0 Å². The first kappa shape index (κ1) is 21.0. The van der Waals surface area contributed by atoms with E-state index < -0.39 is 0 Å². The minimum atomic E-state index is -0.326. The third-order valence-electron chi connectivity index (χ3n) is 5.18. The molecule has 3 nitrogen and oxygen atoms in total. The minimum absolute atomic E-state index is 0. The Bertz CT molecular complexity index is 507. The van der Waals surface area contributed by atoms with E-state index in [1.807, 2.05) is 0 Å². The third kappa shape index (κ3) is 5.78. The van der Waals surface area contributed by atoms with E-state index in [1.54, 1.807) is 0 Å². The molecule has 1 heterocycles. The Labute approximate surface area is 153 Å². The quantitative estimate of drug-likeness (QED) is 0.811. The summed E-state index contributed by atoms with van der Waals surface area (Å²) < 4.78 is 0. The number of aryl methyl sites for hydroxylation is 1. The van der Waals surface area contributed by atoms with E-state index in [0.717, 1.165) is 25.1 Å². The molecular weight excluding hydrogens is 320 g/mol. The van der Waals surface area contributed by atoms with Crippen LogP contribution in [-0.2, 0) is 16.8 Å². The molecule has 2 N–H and O–H groups in total. The van der Waals surface area contributed by atoms with Crippen LogP contribution in [0.25, 0.3) is 0 Å². The summed E-state index contributed by atoms with van der Waals surface area (Å²) >= 11 is 0. The number of hydrogen-bond acceptors (Lipinski definition) is 2. The summed E-state index contributed by atoms with van der Waals surface area (Å²) in [5.41, 5.74) is 2.16. The molecule has 0 saturated carbocycles. The smallest absolute Gasteiger partial charge is 0.220 e. The highest BCUT2D eigenvalue weighted by Crippen LogP contribution is 2.24. The second kappa shape index (κ2) is 9.43. The number of rotatable bonds is 6. The fraction of sp³-hybridized carbons (Fsp3) is 0.650. The first-order valence-electron chi connectivity index (χ1n) is 9.03. The summed E-state index contributed by atoms with van der Waals surface area (Å²) in [5, 5.41) is 6.66. The second-order valence-electron chi connectivity index (χ2n) is 7.51. The monoisotopic (exact) mass is 352 g/mol. The van der Waals surface area contributed by atoms with Gasteiger partial charge in [-0.3, -0.25) is 4.79 Å². The van der Waals surface area contributed by atoms with Crippen molar-refractivity contribution in [3.63, 3.8) is 0 Å². The number of amides is 1. The van der Waals surface area contributed by atoms with E-state index >= 15 is 0 Å². The average Bonchev–Trinajstić information content (AvgIpc) is 2.55. The molecule has 2 rings (SSSR count). The molecule has 1 amide bonds. The molecule has 24 heavy (non-hydrogen) atoms. The standard InChI is InChI=1S/C20H32N2O.ClH/c1-5-16-8-10-18(11-9-16)20(3,4)22-19(23)13-15(2)17-7-6-12-21-14-17;/h8-11,15,17,21H,5-7,12-14H2,1-4H3,(H,22,23);1H. The van der Waals surface area contributed by atoms with Crippen LogP contribution in [-0.4, -0.2) is 19.0 Å². The number of carbonyl (C=O) groups is 1. The van der Waals surface area contributed by atoms with Gasteiger partial charge in [-0.2, -0.15) is 0 Å². The van der Waals surface area contributed by atoms with Gasteiger partial charge in [0.1, 0.15) is 0 Å². The van der Waals surface area contributed by atoms with Crippen molar-refractivity contribution in [1.82, 2.24) is 10.6 Å². The Balaban J connectivity index is 0.00000288. The zero-order valence-corrected chi connectivity index (χ0v) is 16.3. The van der Waals surface area contributed by atoms with Crippen molar-refractivity contribution < 1.29 is 4.79 Å². The minimum Gasteiger partial charge on any atom is -0.347 e. The van der Waals surface area contributed by atoms with Crippen molar-refractivity contribution in [3.8, 4) is 0 Å². The summed E-state index contributed by atoms with van der Waals surface area (Å²) in [6.07, 6.45) is 4.12. The van der Waals surface area contributed by atoms with E-state index in [2.05, 4.69) is 62.6 Å². The molecule has 1 aromatic carbocycles. The molecule has 4 heteroatoms. The van der Waals surface area contributed by atoms with Crippen LogP contribution in [0.5, 0.6) is 0 Å². The number of piperidine rings is 1. The molecule has 0 aliphatic carbocycles. The van der Waals surface area contributed by atoms with Gasteiger partial charge in [-0.1, -0.05) is 38.1 Å². The Morgan fingerprint density at radius 2 is 2.00 bits per heavy atom. The summed E-state index contributed by atoms with van der Waals surface area (Å²) in [5.74, 6) is 1.22. The molecule has 136 valence electrons. The van der Waals surface area contributed by atoms with Crippen LogP contribution in [0.1, 0.15) is 58.1 Å². The van der Waals surface area contributed by atoms with Gasteiger partial charge in [0.25, 0.3) is 0 Å².